The molecular formula is C25H27N3O5S. The van der Waals surface area contributed by atoms with Crippen LogP contribution in [0.1, 0.15) is 31.7 Å². The van der Waals surface area contributed by atoms with Crippen molar-refractivity contribution < 1.29 is 18.9 Å². The van der Waals surface area contributed by atoms with E-state index in [9.17, 15) is 4.79 Å². The number of benzene rings is 2. The lowest BCUT2D eigenvalue weighted by Gasteiger charge is -2.12. The van der Waals surface area contributed by atoms with Gasteiger partial charge >= 0.3 is 0 Å². The van der Waals surface area contributed by atoms with Gasteiger partial charge in [-0.25, -0.2) is 0 Å². The highest BCUT2D eigenvalue weighted by Crippen LogP contribution is 2.38. The van der Waals surface area contributed by atoms with Crippen LogP contribution in [0.4, 0.5) is 0 Å². The van der Waals surface area contributed by atoms with Gasteiger partial charge < -0.3 is 18.9 Å². The van der Waals surface area contributed by atoms with Crippen LogP contribution in [0, 0.1) is 0 Å². The number of fused-ring (bicyclic) bond motifs is 1. The van der Waals surface area contributed by atoms with Crippen molar-refractivity contribution >= 4 is 22.4 Å². The third kappa shape index (κ3) is 4.84. The van der Waals surface area contributed by atoms with Gasteiger partial charge in [-0.15, -0.1) is 5.10 Å². The molecule has 0 aliphatic carbocycles. The van der Waals surface area contributed by atoms with E-state index in [2.05, 4.69) is 17.0 Å². The molecule has 0 aliphatic heterocycles. The van der Waals surface area contributed by atoms with Gasteiger partial charge in [0.25, 0.3) is 5.56 Å². The number of hydrogen-bond donors (Lipinski definition) is 0. The number of ether oxygens (including phenoxy) is 4. The molecule has 0 N–H and O–H groups in total. The van der Waals surface area contributed by atoms with E-state index in [-0.39, 0.29) is 5.56 Å². The zero-order chi connectivity index (χ0) is 24.1. The minimum Gasteiger partial charge on any atom is -0.494 e. The third-order valence-corrected chi connectivity index (χ3v) is 6.25. The van der Waals surface area contributed by atoms with E-state index >= 15 is 0 Å². The monoisotopic (exact) mass is 481 g/mol. The van der Waals surface area contributed by atoms with Gasteiger partial charge in [-0.3, -0.25) is 4.79 Å². The van der Waals surface area contributed by atoms with Crippen molar-refractivity contribution in [2.75, 3.05) is 27.9 Å². The Morgan fingerprint density at radius 3 is 2.29 bits per heavy atom. The maximum absolute atomic E-state index is 13.0. The molecule has 0 unspecified atom stereocenters. The quantitative estimate of drug-likeness (QED) is 0.317. The summed E-state index contributed by atoms with van der Waals surface area (Å²) in [5.74, 6) is 2.84. The smallest absolute Gasteiger partial charge is 0.291 e. The number of thiazole rings is 1. The fourth-order valence-electron chi connectivity index (χ4n) is 3.53. The standard InChI is InChI=1S/C25H27N3O5S/c1-5-6-7-12-33-18-10-8-17(9-11-18)23-26-25-28(27-23)24(29)21(34-25)15-16-13-19(30-2)22(32-4)20(14-16)31-3/h8-11,13-15H,5-7,12H2,1-4H3/b21-15+. The molecule has 0 saturated carbocycles. The molecule has 0 bridgehead atoms. The van der Waals surface area contributed by atoms with Crippen molar-refractivity contribution in [1.82, 2.24) is 14.6 Å². The summed E-state index contributed by atoms with van der Waals surface area (Å²) in [5.41, 5.74) is 1.33. The molecule has 4 rings (SSSR count). The van der Waals surface area contributed by atoms with Crippen molar-refractivity contribution in [3.63, 3.8) is 0 Å². The molecule has 2 heterocycles. The minimum atomic E-state index is -0.233. The van der Waals surface area contributed by atoms with Gasteiger partial charge in [-0.1, -0.05) is 31.1 Å². The van der Waals surface area contributed by atoms with Crippen molar-refractivity contribution in [2.45, 2.75) is 26.2 Å². The van der Waals surface area contributed by atoms with Crippen LogP contribution in [0.15, 0.2) is 41.2 Å². The molecule has 0 fully saturated rings. The predicted octanol–water partition coefficient (Wildman–Crippen LogP) is 3.96. The molecule has 9 heteroatoms. The maximum Gasteiger partial charge on any atom is 0.291 e. The number of aromatic nitrogens is 3. The predicted molar refractivity (Wildman–Crippen MR) is 132 cm³/mol. The van der Waals surface area contributed by atoms with Crippen molar-refractivity contribution in [3.05, 3.63) is 56.8 Å². The Balaban J connectivity index is 1.61. The van der Waals surface area contributed by atoms with Crippen LogP contribution in [-0.2, 0) is 0 Å². The lowest BCUT2D eigenvalue weighted by atomic mass is 10.1. The number of nitrogens with zero attached hydrogens (tertiary/aromatic N) is 3. The molecule has 4 aromatic rings. The van der Waals surface area contributed by atoms with Crippen LogP contribution in [0.2, 0.25) is 0 Å². The van der Waals surface area contributed by atoms with Crippen LogP contribution < -0.4 is 29.0 Å². The van der Waals surface area contributed by atoms with E-state index in [0.717, 1.165) is 36.1 Å². The summed E-state index contributed by atoms with van der Waals surface area (Å²) < 4.78 is 23.8. The molecule has 0 saturated heterocycles. The van der Waals surface area contributed by atoms with E-state index in [4.69, 9.17) is 18.9 Å². The first kappa shape index (κ1) is 23.6. The first-order valence-corrected chi connectivity index (χ1v) is 11.8. The molecule has 2 aromatic carbocycles. The molecule has 34 heavy (non-hydrogen) atoms. The average Bonchev–Trinajstić information content (AvgIpc) is 3.40. The van der Waals surface area contributed by atoms with E-state index in [1.165, 1.54) is 15.9 Å². The number of hydrogen-bond acceptors (Lipinski definition) is 8. The molecule has 0 atom stereocenters. The largest absolute Gasteiger partial charge is 0.494 e. The first-order chi connectivity index (χ1) is 16.6. The fourth-order valence-corrected chi connectivity index (χ4v) is 4.44. The van der Waals surface area contributed by atoms with Gasteiger partial charge in [0, 0.05) is 5.56 Å². The first-order valence-electron chi connectivity index (χ1n) is 11.0. The lowest BCUT2D eigenvalue weighted by Crippen LogP contribution is -2.23. The third-order valence-electron chi connectivity index (χ3n) is 5.30. The molecule has 0 spiro atoms. The second kappa shape index (κ2) is 10.6. The summed E-state index contributed by atoms with van der Waals surface area (Å²) in [6.07, 6.45) is 5.12. The van der Waals surface area contributed by atoms with Gasteiger partial charge in [0.1, 0.15) is 5.75 Å². The fraction of sp³-hybridized carbons (Fsp3) is 0.320. The summed E-state index contributed by atoms with van der Waals surface area (Å²) in [5, 5.41) is 4.43. The van der Waals surface area contributed by atoms with E-state index in [1.807, 2.05) is 24.3 Å². The minimum absolute atomic E-state index is 0.233. The SMILES string of the molecule is CCCCCOc1ccc(-c2nc3s/c(=C/c4cc(OC)c(OC)c(OC)c4)c(=O)n3n2)cc1. The number of rotatable bonds is 10. The van der Waals surface area contributed by atoms with Crippen LogP contribution in [0.5, 0.6) is 23.0 Å². The van der Waals surface area contributed by atoms with E-state index < -0.39 is 0 Å². The van der Waals surface area contributed by atoms with Gasteiger partial charge in [0.15, 0.2) is 17.3 Å². The zero-order valence-electron chi connectivity index (χ0n) is 19.7. The molecule has 0 aliphatic rings. The topological polar surface area (TPSA) is 84.2 Å². The second-order valence-corrected chi connectivity index (χ2v) is 8.59. The highest BCUT2D eigenvalue weighted by Gasteiger charge is 2.15. The zero-order valence-corrected chi connectivity index (χ0v) is 20.5. The Bertz CT molecular complexity index is 1350. The number of methoxy groups -OCH3 is 3. The van der Waals surface area contributed by atoms with E-state index in [0.29, 0.717) is 39.2 Å². The second-order valence-electron chi connectivity index (χ2n) is 7.58. The van der Waals surface area contributed by atoms with Crippen LogP contribution in [0.25, 0.3) is 22.4 Å². The maximum atomic E-state index is 13.0. The summed E-state index contributed by atoms with van der Waals surface area (Å²) in [6, 6.07) is 11.2. The summed E-state index contributed by atoms with van der Waals surface area (Å²) in [6.45, 7) is 2.87. The normalized spacial score (nSPS) is 11.7. The highest BCUT2D eigenvalue weighted by atomic mass is 32.1. The average molecular weight is 482 g/mol. The molecule has 178 valence electrons. The molecule has 0 radical (unpaired) electrons. The Labute approximate surface area is 201 Å². The number of unbranched alkanes of at least 4 members (excludes halogenated alkanes) is 2. The van der Waals surface area contributed by atoms with Crippen molar-refractivity contribution in [2.24, 2.45) is 0 Å². The summed E-state index contributed by atoms with van der Waals surface area (Å²) in [7, 11) is 4.65. The molecule has 2 aromatic heterocycles. The van der Waals surface area contributed by atoms with Crippen LogP contribution in [-0.4, -0.2) is 42.5 Å². The van der Waals surface area contributed by atoms with Gasteiger partial charge in [-0.05, 0) is 54.5 Å². The molecular weight excluding hydrogens is 454 g/mol. The van der Waals surface area contributed by atoms with Crippen molar-refractivity contribution in [3.8, 4) is 34.4 Å². The van der Waals surface area contributed by atoms with Gasteiger partial charge in [0.05, 0.1) is 32.5 Å². The Hall–Kier alpha value is -3.59. The van der Waals surface area contributed by atoms with Gasteiger partial charge in [0.2, 0.25) is 10.7 Å². The van der Waals surface area contributed by atoms with E-state index in [1.54, 1.807) is 39.5 Å². The highest BCUT2D eigenvalue weighted by molar-refractivity contribution is 7.15. The molecule has 8 nitrogen and oxygen atoms in total. The Morgan fingerprint density at radius 1 is 1.00 bits per heavy atom. The van der Waals surface area contributed by atoms with Crippen molar-refractivity contribution in [1.29, 1.82) is 0 Å². The van der Waals surface area contributed by atoms with Gasteiger partial charge in [-0.2, -0.15) is 9.50 Å². The Morgan fingerprint density at radius 2 is 1.71 bits per heavy atom. The summed E-state index contributed by atoms with van der Waals surface area (Å²) in [4.78, 5) is 18.1. The molecule has 0 amide bonds. The van der Waals surface area contributed by atoms with Crippen LogP contribution in [0.3, 0.4) is 0 Å². The van der Waals surface area contributed by atoms with Crippen LogP contribution >= 0.6 is 11.3 Å². The summed E-state index contributed by atoms with van der Waals surface area (Å²) >= 11 is 1.27. The Kier molecular flexibility index (Phi) is 7.32. The lowest BCUT2D eigenvalue weighted by molar-refractivity contribution is 0.306.